The van der Waals surface area contributed by atoms with Crippen LogP contribution >= 0.6 is 11.6 Å². The molecule has 0 bridgehead atoms. The van der Waals surface area contributed by atoms with Gasteiger partial charge in [-0.05, 0) is 56.9 Å². The molecule has 1 aliphatic rings. The van der Waals surface area contributed by atoms with Crippen LogP contribution in [0.1, 0.15) is 38.3 Å². The van der Waals surface area contributed by atoms with Crippen LogP contribution < -0.4 is 16.7 Å². The number of halogens is 1. The van der Waals surface area contributed by atoms with Crippen LogP contribution in [0.5, 0.6) is 0 Å². The first kappa shape index (κ1) is 19.4. The van der Waals surface area contributed by atoms with E-state index in [1.54, 1.807) is 23.0 Å². The van der Waals surface area contributed by atoms with Gasteiger partial charge in [0.1, 0.15) is 5.82 Å². The largest absolute Gasteiger partial charge is 0.332 e. The van der Waals surface area contributed by atoms with Crippen LogP contribution in [-0.2, 0) is 6.54 Å². The van der Waals surface area contributed by atoms with E-state index < -0.39 is 0 Å². The highest BCUT2D eigenvalue weighted by molar-refractivity contribution is 6.31. The Morgan fingerprint density at radius 2 is 2.07 bits per heavy atom. The maximum Gasteiger partial charge on any atom is 0.332 e. The zero-order valence-electron chi connectivity index (χ0n) is 16.3. The molecule has 0 aliphatic heterocycles. The molecule has 150 valence electrons. The predicted molar refractivity (Wildman–Crippen MR) is 116 cm³/mol. The molecule has 1 N–H and O–H groups in total. The van der Waals surface area contributed by atoms with Gasteiger partial charge in [-0.25, -0.2) is 4.79 Å². The number of rotatable bonds is 6. The Kier molecular flexibility index (Phi) is 5.24. The molecule has 1 aliphatic carbocycles. The van der Waals surface area contributed by atoms with Crippen LogP contribution in [0.15, 0.2) is 51.2 Å². The van der Waals surface area contributed by atoms with Gasteiger partial charge >= 0.3 is 5.69 Å². The topological polar surface area (TPSA) is 81.3 Å². The molecule has 4 rings (SSSR count). The quantitative estimate of drug-likeness (QED) is 0.496. The summed E-state index contributed by atoms with van der Waals surface area (Å²) in [6.07, 6.45) is 5.53. The zero-order chi connectivity index (χ0) is 20.5. The number of hydrogen-bond donors (Lipinski definition) is 1. The number of nitrogens with zero attached hydrogens (tertiary/aromatic N) is 4. The maximum atomic E-state index is 12.9. The number of hydrazone groups is 1. The first-order valence-electron chi connectivity index (χ1n) is 9.64. The number of nitrogens with one attached hydrogen (secondary N) is 1. The fourth-order valence-corrected chi connectivity index (χ4v) is 3.49. The van der Waals surface area contributed by atoms with Crippen molar-refractivity contribution in [3.05, 3.63) is 68.0 Å². The van der Waals surface area contributed by atoms with Gasteiger partial charge in [0.15, 0.2) is 0 Å². The van der Waals surface area contributed by atoms with E-state index in [1.165, 1.54) is 10.6 Å². The van der Waals surface area contributed by atoms with Gasteiger partial charge < -0.3 is 0 Å². The Labute approximate surface area is 172 Å². The number of aromatic nitrogens is 3. The van der Waals surface area contributed by atoms with Crippen LogP contribution in [-0.4, -0.2) is 20.3 Å². The normalized spacial score (nSPS) is 14.2. The van der Waals surface area contributed by atoms with Crippen molar-refractivity contribution in [2.24, 2.45) is 11.0 Å². The summed E-state index contributed by atoms with van der Waals surface area (Å²) in [5.41, 5.74) is 3.88. The van der Waals surface area contributed by atoms with Crippen LogP contribution in [0.4, 0.5) is 5.82 Å². The minimum absolute atomic E-state index is 0.203. The van der Waals surface area contributed by atoms with Crippen LogP contribution in [0, 0.1) is 5.92 Å². The summed E-state index contributed by atoms with van der Waals surface area (Å²) in [6, 6.07) is 8.53. The van der Waals surface area contributed by atoms with Gasteiger partial charge in [-0.3, -0.25) is 24.3 Å². The maximum absolute atomic E-state index is 12.9. The highest BCUT2D eigenvalue weighted by Gasteiger charge is 2.24. The summed E-state index contributed by atoms with van der Waals surface area (Å²) >= 11 is 6.11. The fraction of sp³-hybridized carbons (Fsp3) is 0.333. The summed E-state index contributed by atoms with van der Waals surface area (Å²) in [7, 11) is 0. The average molecular weight is 412 g/mol. The summed E-state index contributed by atoms with van der Waals surface area (Å²) in [4.78, 5) is 29.6. The Morgan fingerprint density at radius 1 is 1.28 bits per heavy atom. The van der Waals surface area contributed by atoms with Gasteiger partial charge in [-0.2, -0.15) is 5.10 Å². The number of benzene rings is 1. The third-order valence-corrected chi connectivity index (χ3v) is 5.23. The monoisotopic (exact) mass is 411 g/mol. The third kappa shape index (κ3) is 4.10. The Bertz CT molecular complexity index is 1210. The Balaban J connectivity index is 1.69. The van der Waals surface area contributed by atoms with Crippen molar-refractivity contribution in [1.29, 1.82) is 0 Å². The molecule has 8 heteroatoms. The molecule has 2 aromatic heterocycles. The lowest BCUT2D eigenvalue weighted by Gasteiger charge is -2.16. The highest BCUT2D eigenvalue weighted by atomic mass is 35.5. The van der Waals surface area contributed by atoms with E-state index in [0.717, 1.165) is 29.3 Å². The van der Waals surface area contributed by atoms with Gasteiger partial charge in [-0.1, -0.05) is 11.6 Å². The van der Waals surface area contributed by atoms with E-state index in [4.69, 9.17) is 11.6 Å². The molecular formula is C21H22ClN5O2. The Morgan fingerprint density at radius 3 is 2.79 bits per heavy atom. The number of fused-ring (bicyclic) bond motifs is 1. The lowest BCUT2D eigenvalue weighted by Crippen LogP contribution is -2.41. The van der Waals surface area contributed by atoms with Crippen molar-refractivity contribution in [3.63, 3.8) is 0 Å². The van der Waals surface area contributed by atoms with Crippen molar-refractivity contribution in [2.75, 3.05) is 5.43 Å². The molecule has 0 radical (unpaired) electrons. The molecule has 1 saturated carbocycles. The van der Waals surface area contributed by atoms with Gasteiger partial charge in [-0.15, -0.1) is 0 Å². The van der Waals surface area contributed by atoms with Crippen molar-refractivity contribution in [3.8, 4) is 0 Å². The zero-order valence-corrected chi connectivity index (χ0v) is 17.1. The van der Waals surface area contributed by atoms with E-state index in [9.17, 15) is 9.59 Å². The molecule has 0 saturated heterocycles. The first-order chi connectivity index (χ1) is 13.9. The highest BCUT2D eigenvalue weighted by Crippen LogP contribution is 2.30. The fourth-order valence-electron chi connectivity index (χ4n) is 3.32. The molecule has 1 fully saturated rings. The molecule has 29 heavy (non-hydrogen) atoms. The van der Waals surface area contributed by atoms with Crippen molar-refractivity contribution in [1.82, 2.24) is 14.1 Å². The molecule has 0 atom stereocenters. The van der Waals surface area contributed by atoms with Crippen molar-refractivity contribution < 1.29 is 0 Å². The molecule has 0 amide bonds. The van der Waals surface area contributed by atoms with Crippen LogP contribution in [0.25, 0.3) is 10.9 Å². The molecule has 2 heterocycles. The van der Waals surface area contributed by atoms with E-state index >= 15 is 0 Å². The van der Waals surface area contributed by atoms with Crippen LogP contribution in [0.3, 0.4) is 0 Å². The van der Waals surface area contributed by atoms with Gasteiger partial charge in [0.05, 0.1) is 11.7 Å². The van der Waals surface area contributed by atoms with E-state index in [1.807, 2.05) is 32.0 Å². The summed E-state index contributed by atoms with van der Waals surface area (Å²) in [5.74, 6) is 0.873. The minimum atomic E-state index is -0.337. The number of hydrogen-bond acceptors (Lipinski definition) is 5. The smallest absolute Gasteiger partial charge is 0.278 e. The van der Waals surface area contributed by atoms with E-state index in [-0.39, 0.29) is 17.3 Å². The standard InChI is InChI=1S/C21H22ClN5O2/c1-13(2)27-20(28)10-19(26(21(27)29)12-14-3-4-14)25-24-11-15-7-8-23-18-6-5-16(22)9-17(15)18/h5-11,13-14,25H,3-4,12H2,1-2H3/b24-11+. The minimum Gasteiger partial charge on any atom is -0.278 e. The first-order valence-corrected chi connectivity index (χ1v) is 10.0. The predicted octanol–water partition coefficient (Wildman–Crippen LogP) is 3.65. The van der Waals surface area contributed by atoms with Gasteiger partial charge in [0.25, 0.3) is 5.56 Å². The number of anilines is 1. The lowest BCUT2D eigenvalue weighted by molar-refractivity contribution is 0.491. The van der Waals surface area contributed by atoms with Gasteiger partial charge in [0, 0.05) is 40.8 Å². The van der Waals surface area contributed by atoms with Crippen molar-refractivity contribution in [2.45, 2.75) is 39.3 Å². The SMILES string of the molecule is CC(C)n1c(=O)cc(N/N=C/c2ccnc3ccc(Cl)cc23)n(CC2CC2)c1=O. The second-order valence-corrected chi connectivity index (χ2v) is 8.04. The summed E-state index contributed by atoms with van der Waals surface area (Å²) < 4.78 is 2.88. The molecular weight excluding hydrogens is 390 g/mol. The second-order valence-electron chi connectivity index (χ2n) is 7.60. The molecule has 0 unspecified atom stereocenters. The van der Waals surface area contributed by atoms with Crippen LogP contribution in [0.2, 0.25) is 5.02 Å². The molecule has 0 spiro atoms. The second kappa shape index (κ2) is 7.83. The Hall–Kier alpha value is -2.93. The summed E-state index contributed by atoms with van der Waals surface area (Å²) in [5, 5.41) is 5.77. The molecule has 7 nitrogen and oxygen atoms in total. The molecule has 3 aromatic rings. The average Bonchev–Trinajstić information content (AvgIpc) is 3.49. The van der Waals surface area contributed by atoms with E-state index in [0.29, 0.717) is 23.3 Å². The molecule has 1 aromatic carbocycles. The third-order valence-electron chi connectivity index (χ3n) is 5.00. The van der Waals surface area contributed by atoms with Gasteiger partial charge in [0.2, 0.25) is 0 Å². The van der Waals surface area contributed by atoms with Crippen molar-refractivity contribution >= 4 is 34.5 Å². The summed E-state index contributed by atoms with van der Waals surface area (Å²) in [6.45, 7) is 4.24. The number of pyridine rings is 1. The lowest BCUT2D eigenvalue weighted by atomic mass is 10.1. The van der Waals surface area contributed by atoms with E-state index in [2.05, 4.69) is 15.5 Å².